The maximum Gasteiger partial charge on any atom is 0.126 e. The Hall–Kier alpha value is -2.06. The van der Waals surface area contributed by atoms with Gasteiger partial charge in [0, 0.05) is 17.5 Å². The average Bonchev–Trinajstić information content (AvgIpc) is 2.45. The van der Waals surface area contributed by atoms with Gasteiger partial charge < -0.3 is 5.32 Å². The molecule has 0 bridgehead atoms. The van der Waals surface area contributed by atoms with Gasteiger partial charge in [0.25, 0.3) is 0 Å². The van der Waals surface area contributed by atoms with Crippen molar-refractivity contribution >= 4 is 17.4 Å². The second kappa shape index (κ2) is 7.09. The van der Waals surface area contributed by atoms with E-state index in [0.29, 0.717) is 24.1 Å². The van der Waals surface area contributed by atoms with Crippen LogP contribution in [-0.2, 0) is 6.42 Å². The summed E-state index contributed by atoms with van der Waals surface area (Å²) in [6.07, 6.45) is 2.39. The monoisotopic (exact) mass is 304 g/mol. The first-order valence-electron chi connectivity index (χ1n) is 6.40. The molecule has 0 fully saturated rings. The van der Waals surface area contributed by atoms with Crippen LogP contribution in [0.5, 0.6) is 0 Å². The highest BCUT2D eigenvalue weighted by atomic mass is 32.2. The zero-order chi connectivity index (χ0) is 15.2. The van der Waals surface area contributed by atoms with E-state index in [9.17, 15) is 14.0 Å². The number of halogens is 2. The van der Waals surface area contributed by atoms with Crippen molar-refractivity contribution in [1.82, 2.24) is 0 Å². The van der Waals surface area contributed by atoms with Crippen LogP contribution in [0.4, 0.5) is 14.5 Å². The maximum atomic E-state index is 13.1. The third kappa shape index (κ3) is 3.96. The minimum atomic E-state index is -0.577. The highest BCUT2D eigenvalue weighted by Gasteiger charge is 2.07. The topological polar surface area (TPSA) is 35.8 Å². The summed E-state index contributed by atoms with van der Waals surface area (Å²) in [4.78, 5) is 0.902. The third-order valence-electron chi connectivity index (χ3n) is 3.01. The molecule has 0 aliphatic carbocycles. The largest absolute Gasteiger partial charge is 0.384 e. The fourth-order valence-corrected chi connectivity index (χ4v) is 2.64. The van der Waals surface area contributed by atoms with Gasteiger partial charge in [0.1, 0.15) is 17.7 Å². The van der Waals surface area contributed by atoms with Crippen LogP contribution < -0.4 is 5.32 Å². The van der Waals surface area contributed by atoms with Crippen LogP contribution >= 0.6 is 11.8 Å². The van der Waals surface area contributed by atoms with Gasteiger partial charge in [-0.3, -0.25) is 0 Å². The van der Waals surface area contributed by atoms with Gasteiger partial charge in [-0.2, -0.15) is 5.26 Å². The zero-order valence-corrected chi connectivity index (χ0v) is 12.3. The van der Waals surface area contributed by atoms with E-state index in [-0.39, 0.29) is 0 Å². The van der Waals surface area contributed by atoms with E-state index < -0.39 is 11.6 Å². The summed E-state index contributed by atoms with van der Waals surface area (Å²) in [6, 6.07) is 11.2. The lowest BCUT2D eigenvalue weighted by molar-refractivity contribution is 0.580. The summed E-state index contributed by atoms with van der Waals surface area (Å²) in [6.45, 7) is 0.495. The van der Waals surface area contributed by atoms with Crippen LogP contribution in [0.3, 0.4) is 0 Å². The fourth-order valence-electron chi connectivity index (χ4n) is 2.06. The van der Waals surface area contributed by atoms with Gasteiger partial charge in [-0.05, 0) is 42.5 Å². The molecule has 2 aromatic carbocycles. The molecule has 0 aliphatic heterocycles. The van der Waals surface area contributed by atoms with Crippen LogP contribution in [0.2, 0.25) is 0 Å². The molecule has 0 spiro atoms. The molecule has 21 heavy (non-hydrogen) atoms. The molecule has 0 saturated heterocycles. The van der Waals surface area contributed by atoms with Crippen LogP contribution in [-0.4, -0.2) is 12.8 Å². The molecule has 5 heteroatoms. The molecular weight excluding hydrogens is 290 g/mol. The van der Waals surface area contributed by atoms with Gasteiger partial charge in [0.05, 0.1) is 11.3 Å². The number of thioether (sulfide) groups is 1. The highest BCUT2D eigenvalue weighted by Crippen LogP contribution is 2.26. The zero-order valence-electron chi connectivity index (χ0n) is 11.5. The van der Waals surface area contributed by atoms with Gasteiger partial charge >= 0.3 is 0 Å². The number of anilines is 1. The van der Waals surface area contributed by atoms with E-state index >= 15 is 0 Å². The van der Waals surface area contributed by atoms with Crippen molar-refractivity contribution in [3.05, 3.63) is 59.2 Å². The Morgan fingerprint density at radius 2 is 1.90 bits per heavy atom. The summed E-state index contributed by atoms with van der Waals surface area (Å²) >= 11 is 1.51. The van der Waals surface area contributed by atoms with E-state index in [1.807, 2.05) is 24.5 Å². The van der Waals surface area contributed by atoms with Gasteiger partial charge in [0.15, 0.2) is 0 Å². The Morgan fingerprint density at radius 1 is 1.19 bits per heavy atom. The van der Waals surface area contributed by atoms with Gasteiger partial charge in [-0.25, -0.2) is 8.78 Å². The van der Waals surface area contributed by atoms with Crippen molar-refractivity contribution in [3.63, 3.8) is 0 Å². The van der Waals surface area contributed by atoms with E-state index in [1.54, 1.807) is 0 Å². The highest BCUT2D eigenvalue weighted by molar-refractivity contribution is 7.98. The number of hydrogen-bond acceptors (Lipinski definition) is 3. The number of rotatable bonds is 5. The molecule has 0 unspecified atom stereocenters. The van der Waals surface area contributed by atoms with Gasteiger partial charge in [0.2, 0.25) is 0 Å². The van der Waals surface area contributed by atoms with Crippen LogP contribution in [0.25, 0.3) is 0 Å². The molecule has 0 radical (unpaired) electrons. The summed E-state index contributed by atoms with van der Waals surface area (Å²) in [5, 5.41) is 12.4. The Morgan fingerprint density at radius 3 is 2.52 bits per heavy atom. The van der Waals surface area contributed by atoms with Gasteiger partial charge in [-0.15, -0.1) is 11.8 Å². The van der Waals surface area contributed by atoms with Crippen molar-refractivity contribution < 1.29 is 8.78 Å². The first kappa shape index (κ1) is 15.3. The summed E-state index contributed by atoms with van der Waals surface area (Å²) in [5.74, 6) is -1.15. The van der Waals surface area contributed by atoms with E-state index in [1.165, 1.54) is 23.9 Å². The third-order valence-corrected chi connectivity index (χ3v) is 3.79. The minimum Gasteiger partial charge on any atom is -0.384 e. The lowest BCUT2D eigenvalue weighted by atomic mass is 10.1. The first-order chi connectivity index (χ1) is 10.1. The summed E-state index contributed by atoms with van der Waals surface area (Å²) < 4.78 is 26.2. The molecule has 0 saturated carbocycles. The average molecular weight is 304 g/mol. The molecule has 0 atom stereocenters. The van der Waals surface area contributed by atoms with E-state index in [4.69, 9.17) is 0 Å². The molecule has 2 aromatic rings. The van der Waals surface area contributed by atoms with E-state index in [2.05, 4.69) is 11.4 Å². The second-order valence-corrected chi connectivity index (χ2v) is 5.30. The van der Waals surface area contributed by atoms with Crippen LogP contribution in [0, 0.1) is 23.0 Å². The van der Waals surface area contributed by atoms with Crippen molar-refractivity contribution in [3.8, 4) is 6.07 Å². The van der Waals surface area contributed by atoms with Crippen LogP contribution in [0.15, 0.2) is 41.3 Å². The second-order valence-electron chi connectivity index (χ2n) is 4.45. The fraction of sp³-hybridized carbons (Fsp3) is 0.188. The lowest BCUT2D eigenvalue weighted by Crippen LogP contribution is -2.07. The molecule has 0 aliphatic rings. The van der Waals surface area contributed by atoms with Crippen molar-refractivity contribution in [2.24, 2.45) is 0 Å². The normalized spacial score (nSPS) is 10.2. The molecular formula is C16H14F2N2S. The molecule has 0 aromatic heterocycles. The summed E-state index contributed by atoms with van der Waals surface area (Å²) in [7, 11) is 0. The SMILES string of the molecule is CSc1cccc(NCCc2cc(F)cc(F)c2)c1C#N. The van der Waals surface area contributed by atoms with Crippen molar-refractivity contribution in [2.45, 2.75) is 11.3 Å². The molecule has 0 heterocycles. The molecule has 0 amide bonds. The van der Waals surface area contributed by atoms with Crippen molar-refractivity contribution in [1.29, 1.82) is 5.26 Å². The lowest BCUT2D eigenvalue weighted by Gasteiger charge is -2.10. The maximum absolute atomic E-state index is 13.1. The smallest absolute Gasteiger partial charge is 0.126 e. The molecule has 1 N–H and O–H groups in total. The number of nitrogens with one attached hydrogen (secondary N) is 1. The molecule has 2 rings (SSSR count). The number of nitrogens with zero attached hydrogens (tertiary/aromatic N) is 1. The summed E-state index contributed by atoms with van der Waals surface area (Å²) in [5.41, 5.74) is 1.91. The number of hydrogen-bond donors (Lipinski definition) is 1. The standard InChI is InChI=1S/C16H14F2N2S/c1-21-16-4-2-3-15(14(16)10-19)20-6-5-11-7-12(17)9-13(18)8-11/h2-4,7-9,20H,5-6H2,1H3. The van der Waals surface area contributed by atoms with Crippen molar-refractivity contribution in [2.75, 3.05) is 18.1 Å². The Balaban J connectivity index is 2.05. The predicted molar refractivity (Wildman–Crippen MR) is 81.5 cm³/mol. The van der Waals surface area contributed by atoms with E-state index in [0.717, 1.165) is 16.6 Å². The molecule has 108 valence electrons. The Labute approximate surface area is 126 Å². The quantitative estimate of drug-likeness (QED) is 0.840. The predicted octanol–water partition coefficient (Wildman–Crippen LogP) is 4.21. The number of benzene rings is 2. The number of nitriles is 1. The Bertz CT molecular complexity index is 660. The first-order valence-corrected chi connectivity index (χ1v) is 7.62. The van der Waals surface area contributed by atoms with Gasteiger partial charge in [-0.1, -0.05) is 6.07 Å². The Kier molecular flexibility index (Phi) is 5.18. The molecule has 2 nitrogen and oxygen atoms in total. The van der Waals surface area contributed by atoms with Crippen LogP contribution in [0.1, 0.15) is 11.1 Å². The minimum absolute atomic E-state index is 0.475.